The number of aryl methyl sites for hydroxylation is 1. The minimum absolute atomic E-state index is 0.136. The van der Waals surface area contributed by atoms with E-state index < -0.39 is 23.0 Å². The number of halogens is 3. The van der Waals surface area contributed by atoms with E-state index in [1.807, 2.05) is 0 Å². The number of alkyl halides is 3. The Morgan fingerprint density at radius 2 is 1.84 bits per heavy atom. The van der Waals surface area contributed by atoms with E-state index in [4.69, 9.17) is 0 Å². The summed E-state index contributed by atoms with van der Waals surface area (Å²) in [6.07, 6.45) is -2.77. The van der Waals surface area contributed by atoms with Gasteiger partial charge in [-0.2, -0.15) is 13.2 Å². The third kappa shape index (κ3) is 3.88. The van der Waals surface area contributed by atoms with Gasteiger partial charge in [-0.25, -0.2) is 14.8 Å². The summed E-state index contributed by atoms with van der Waals surface area (Å²) in [4.78, 5) is 37.0. The largest absolute Gasteiger partial charge is 0.416 e. The van der Waals surface area contributed by atoms with Crippen LogP contribution in [0.15, 0.2) is 57.2 Å². The van der Waals surface area contributed by atoms with E-state index in [1.54, 1.807) is 24.4 Å². The lowest BCUT2D eigenvalue weighted by atomic mass is 10.1. The molecule has 0 radical (unpaired) electrons. The fraction of sp³-hybridized carbons (Fsp3) is 0.200. The second-order valence-corrected chi connectivity index (χ2v) is 7.79. The first-order chi connectivity index (χ1) is 14.7. The van der Waals surface area contributed by atoms with Gasteiger partial charge in [-0.05, 0) is 23.8 Å². The average Bonchev–Trinajstić information content (AvgIpc) is 3.28. The summed E-state index contributed by atoms with van der Waals surface area (Å²) in [7, 11) is 2.85. The lowest BCUT2D eigenvalue weighted by Crippen LogP contribution is -2.37. The maximum absolute atomic E-state index is 13.0. The highest BCUT2D eigenvalue weighted by Crippen LogP contribution is 2.32. The highest BCUT2D eigenvalue weighted by atomic mass is 32.2. The van der Waals surface area contributed by atoms with Crippen molar-refractivity contribution in [1.82, 2.24) is 24.1 Å². The molecule has 3 heterocycles. The maximum Gasteiger partial charge on any atom is 0.416 e. The van der Waals surface area contributed by atoms with Gasteiger partial charge in [-0.1, -0.05) is 18.2 Å². The van der Waals surface area contributed by atoms with Crippen LogP contribution in [0.3, 0.4) is 0 Å². The fourth-order valence-electron chi connectivity index (χ4n) is 3.11. The number of H-pyrrole nitrogens is 1. The van der Waals surface area contributed by atoms with Crippen LogP contribution in [0.4, 0.5) is 13.2 Å². The number of nitrogens with zero attached hydrogens (tertiary/aromatic N) is 4. The Labute approximate surface area is 177 Å². The van der Waals surface area contributed by atoms with Crippen LogP contribution in [0, 0.1) is 0 Å². The second kappa shape index (κ2) is 7.73. The van der Waals surface area contributed by atoms with Gasteiger partial charge < -0.3 is 4.98 Å². The van der Waals surface area contributed by atoms with E-state index in [0.29, 0.717) is 11.3 Å². The Kier molecular flexibility index (Phi) is 5.21. The number of nitrogens with one attached hydrogen (secondary N) is 1. The first-order valence-corrected chi connectivity index (χ1v) is 10.1. The smallest absolute Gasteiger partial charge is 0.359 e. The zero-order chi connectivity index (χ0) is 22.3. The maximum atomic E-state index is 13.0. The van der Waals surface area contributed by atoms with E-state index in [9.17, 15) is 22.8 Å². The standard InChI is InChI=1S/C20H16F3N5O2S/c1-27-16-14(18(29)28(2)19(27)30)17(26-15(25-16)13-7-4-8-24-13)31-10-11-5-3-6-12(9-11)20(21,22)23/h3-9,24H,10H2,1-2H3. The van der Waals surface area contributed by atoms with Crippen molar-refractivity contribution in [3.63, 3.8) is 0 Å². The zero-order valence-corrected chi connectivity index (χ0v) is 17.2. The number of hydrogen-bond acceptors (Lipinski definition) is 5. The van der Waals surface area contributed by atoms with Crippen molar-refractivity contribution < 1.29 is 13.2 Å². The second-order valence-electron chi connectivity index (χ2n) is 6.83. The van der Waals surface area contributed by atoms with Gasteiger partial charge >= 0.3 is 11.9 Å². The van der Waals surface area contributed by atoms with Crippen LogP contribution in [0.25, 0.3) is 22.6 Å². The van der Waals surface area contributed by atoms with Crippen molar-refractivity contribution in [2.24, 2.45) is 14.1 Å². The van der Waals surface area contributed by atoms with Crippen LogP contribution < -0.4 is 11.2 Å². The molecule has 0 aliphatic rings. The highest BCUT2D eigenvalue weighted by Gasteiger charge is 2.30. The molecule has 0 saturated heterocycles. The average molecular weight is 447 g/mol. The van der Waals surface area contributed by atoms with E-state index in [2.05, 4.69) is 15.0 Å². The van der Waals surface area contributed by atoms with Crippen LogP contribution >= 0.6 is 11.8 Å². The summed E-state index contributed by atoms with van der Waals surface area (Å²) in [5.74, 6) is 0.416. The van der Waals surface area contributed by atoms with Gasteiger partial charge in [0.05, 0.1) is 11.3 Å². The molecular formula is C20H16F3N5O2S. The highest BCUT2D eigenvalue weighted by molar-refractivity contribution is 7.98. The van der Waals surface area contributed by atoms with Crippen LogP contribution in [0.2, 0.25) is 0 Å². The number of aromatic nitrogens is 5. The van der Waals surface area contributed by atoms with Gasteiger partial charge in [0, 0.05) is 26.0 Å². The fourth-order valence-corrected chi connectivity index (χ4v) is 4.07. The van der Waals surface area contributed by atoms with Crippen LogP contribution in [0.1, 0.15) is 11.1 Å². The van der Waals surface area contributed by atoms with E-state index >= 15 is 0 Å². The number of fused-ring (bicyclic) bond motifs is 1. The minimum Gasteiger partial charge on any atom is -0.359 e. The summed E-state index contributed by atoms with van der Waals surface area (Å²) in [5.41, 5.74) is -0.696. The van der Waals surface area contributed by atoms with Gasteiger partial charge in [0.15, 0.2) is 11.5 Å². The van der Waals surface area contributed by atoms with Crippen LogP contribution in [-0.2, 0) is 26.0 Å². The summed E-state index contributed by atoms with van der Waals surface area (Å²) in [6.45, 7) is 0. The van der Waals surface area contributed by atoms with Crippen molar-refractivity contribution in [2.45, 2.75) is 17.0 Å². The lowest BCUT2D eigenvalue weighted by molar-refractivity contribution is -0.137. The van der Waals surface area contributed by atoms with Crippen LogP contribution in [-0.4, -0.2) is 24.1 Å². The Morgan fingerprint density at radius 1 is 1.06 bits per heavy atom. The van der Waals surface area contributed by atoms with Gasteiger partial charge in [0.25, 0.3) is 5.56 Å². The van der Waals surface area contributed by atoms with Crippen LogP contribution in [0.5, 0.6) is 0 Å². The molecule has 11 heteroatoms. The Bertz CT molecular complexity index is 1390. The summed E-state index contributed by atoms with van der Waals surface area (Å²) < 4.78 is 41.3. The number of thioether (sulfide) groups is 1. The molecule has 0 amide bonds. The summed E-state index contributed by atoms with van der Waals surface area (Å²) in [5, 5.41) is 0.417. The normalized spacial score (nSPS) is 11.9. The molecular weight excluding hydrogens is 431 g/mol. The number of rotatable bonds is 4. The lowest BCUT2D eigenvalue weighted by Gasteiger charge is -2.12. The molecule has 1 N–H and O–H groups in total. The topological polar surface area (TPSA) is 85.6 Å². The van der Waals surface area contributed by atoms with Crippen molar-refractivity contribution in [1.29, 1.82) is 0 Å². The Hall–Kier alpha value is -3.34. The third-order valence-electron chi connectivity index (χ3n) is 4.74. The van der Waals surface area contributed by atoms with Crippen molar-refractivity contribution >= 4 is 22.8 Å². The molecule has 160 valence electrons. The predicted molar refractivity (Wildman–Crippen MR) is 111 cm³/mol. The molecule has 0 unspecified atom stereocenters. The molecule has 31 heavy (non-hydrogen) atoms. The number of hydrogen-bond donors (Lipinski definition) is 1. The summed E-state index contributed by atoms with van der Waals surface area (Å²) >= 11 is 1.11. The number of benzene rings is 1. The Balaban J connectivity index is 1.85. The van der Waals surface area contributed by atoms with E-state index in [-0.39, 0.29) is 27.6 Å². The molecule has 4 aromatic rings. The minimum atomic E-state index is -4.45. The molecule has 0 fully saturated rings. The van der Waals surface area contributed by atoms with E-state index in [0.717, 1.165) is 28.5 Å². The molecule has 0 aliphatic carbocycles. The third-order valence-corrected chi connectivity index (χ3v) is 5.78. The Morgan fingerprint density at radius 3 is 2.52 bits per heavy atom. The van der Waals surface area contributed by atoms with Gasteiger partial charge in [-0.15, -0.1) is 11.8 Å². The zero-order valence-electron chi connectivity index (χ0n) is 16.4. The molecule has 7 nitrogen and oxygen atoms in total. The SMILES string of the molecule is Cn1c(=O)c2c(SCc3cccc(C(F)(F)F)c3)nc(-c3ccc[nH]3)nc2n(C)c1=O. The van der Waals surface area contributed by atoms with Gasteiger partial charge in [0.2, 0.25) is 0 Å². The van der Waals surface area contributed by atoms with Crippen molar-refractivity contribution in [3.05, 3.63) is 74.6 Å². The molecule has 1 aromatic carbocycles. The predicted octanol–water partition coefficient (Wildman–Crippen LogP) is 3.33. The molecule has 0 aliphatic heterocycles. The summed E-state index contributed by atoms with van der Waals surface area (Å²) in [6, 6.07) is 8.47. The molecule has 3 aromatic heterocycles. The molecule has 4 rings (SSSR count). The van der Waals surface area contributed by atoms with Crippen molar-refractivity contribution in [2.75, 3.05) is 0 Å². The van der Waals surface area contributed by atoms with E-state index in [1.165, 1.54) is 24.7 Å². The van der Waals surface area contributed by atoms with Gasteiger partial charge in [-0.3, -0.25) is 13.9 Å². The molecule has 0 atom stereocenters. The number of aromatic amines is 1. The quantitative estimate of drug-likeness (QED) is 0.383. The molecule has 0 saturated carbocycles. The van der Waals surface area contributed by atoms with Gasteiger partial charge in [0.1, 0.15) is 10.4 Å². The molecule has 0 spiro atoms. The monoisotopic (exact) mass is 447 g/mol. The van der Waals surface area contributed by atoms with Crippen molar-refractivity contribution in [3.8, 4) is 11.5 Å². The first-order valence-electron chi connectivity index (χ1n) is 9.07. The molecule has 0 bridgehead atoms. The first kappa shape index (κ1) is 20.9.